The van der Waals surface area contributed by atoms with E-state index in [2.05, 4.69) is 15.4 Å². The Bertz CT molecular complexity index is 984. The third kappa shape index (κ3) is 1.69. The normalized spacial score (nSPS) is 11.2. The molecule has 0 amide bonds. The average molecular weight is 278 g/mol. The van der Waals surface area contributed by atoms with E-state index in [9.17, 15) is 4.79 Å². The standard InChI is InChI=1S/C15H10N4O2/c20-15(21)10-5-4-9-6-7-19(13(9)8-10)12-3-1-2-11-14(12)17-18-16-11/h1-8H,(H,20,21)(H,16,17,18). The molecule has 0 saturated heterocycles. The number of carbonyl (C=O) groups is 1. The summed E-state index contributed by atoms with van der Waals surface area (Å²) in [5.74, 6) is -0.940. The molecule has 0 unspecified atom stereocenters. The van der Waals surface area contributed by atoms with Crippen molar-refractivity contribution in [3.8, 4) is 5.69 Å². The molecule has 4 rings (SSSR count). The highest BCUT2D eigenvalue weighted by molar-refractivity contribution is 5.95. The fraction of sp³-hybridized carbons (Fsp3) is 0. The summed E-state index contributed by atoms with van der Waals surface area (Å²) in [6, 6.07) is 12.7. The predicted octanol–water partition coefficient (Wildman–Crippen LogP) is 2.60. The second kappa shape index (κ2) is 4.17. The van der Waals surface area contributed by atoms with Gasteiger partial charge in [-0.05, 0) is 35.7 Å². The minimum absolute atomic E-state index is 0.259. The van der Waals surface area contributed by atoms with Crippen molar-refractivity contribution in [2.45, 2.75) is 0 Å². The molecule has 0 aliphatic heterocycles. The Morgan fingerprint density at radius 2 is 2.10 bits per heavy atom. The van der Waals surface area contributed by atoms with E-state index >= 15 is 0 Å². The average Bonchev–Trinajstić information content (AvgIpc) is 3.12. The third-order valence-corrected chi connectivity index (χ3v) is 3.53. The smallest absolute Gasteiger partial charge is 0.335 e. The quantitative estimate of drug-likeness (QED) is 0.590. The molecule has 102 valence electrons. The molecule has 0 fully saturated rings. The van der Waals surface area contributed by atoms with Gasteiger partial charge in [0.25, 0.3) is 0 Å². The van der Waals surface area contributed by atoms with Gasteiger partial charge in [-0.25, -0.2) is 4.79 Å². The zero-order chi connectivity index (χ0) is 14.4. The molecular formula is C15H10N4O2. The number of hydrogen-bond donors (Lipinski definition) is 2. The summed E-state index contributed by atoms with van der Waals surface area (Å²) in [6.07, 6.45) is 1.90. The monoisotopic (exact) mass is 278 g/mol. The lowest BCUT2D eigenvalue weighted by Crippen LogP contribution is -1.98. The number of nitrogens with zero attached hydrogens (tertiary/aromatic N) is 3. The van der Waals surface area contributed by atoms with E-state index < -0.39 is 5.97 Å². The van der Waals surface area contributed by atoms with Crippen LogP contribution in [0.1, 0.15) is 10.4 Å². The van der Waals surface area contributed by atoms with E-state index in [4.69, 9.17) is 5.11 Å². The van der Waals surface area contributed by atoms with Crippen LogP contribution in [0.4, 0.5) is 0 Å². The molecule has 0 atom stereocenters. The summed E-state index contributed by atoms with van der Waals surface area (Å²) in [4.78, 5) is 11.1. The van der Waals surface area contributed by atoms with E-state index in [1.54, 1.807) is 18.2 Å². The molecule has 4 aromatic rings. The van der Waals surface area contributed by atoms with Crippen molar-refractivity contribution in [1.29, 1.82) is 0 Å². The maximum absolute atomic E-state index is 11.1. The van der Waals surface area contributed by atoms with Crippen LogP contribution in [0.25, 0.3) is 27.6 Å². The van der Waals surface area contributed by atoms with E-state index in [0.717, 1.165) is 27.6 Å². The lowest BCUT2D eigenvalue weighted by Gasteiger charge is -2.06. The maximum Gasteiger partial charge on any atom is 0.335 e. The first-order valence-corrected chi connectivity index (χ1v) is 6.38. The molecule has 0 spiro atoms. The number of benzene rings is 2. The van der Waals surface area contributed by atoms with Gasteiger partial charge in [-0.1, -0.05) is 17.3 Å². The van der Waals surface area contributed by atoms with Crippen LogP contribution in [0.15, 0.2) is 48.7 Å². The van der Waals surface area contributed by atoms with Crippen LogP contribution in [0.3, 0.4) is 0 Å². The SMILES string of the molecule is O=C(O)c1ccc2ccn(-c3cccc4[nH]nnc34)c2c1. The van der Waals surface area contributed by atoms with Crippen molar-refractivity contribution < 1.29 is 9.90 Å². The summed E-state index contributed by atoms with van der Waals surface area (Å²) in [6.45, 7) is 0. The molecule has 0 aliphatic rings. The van der Waals surface area contributed by atoms with E-state index in [1.165, 1.54) is 0 Å². The Hall–Kier alpha value is -3.15. The van der Waals surface area contributed by atoms with Crippen molar-refractivity contribution in [2.24, 2.45) is 0 Å². The molecule has 0 aliphatic carbocycles. The van der Waals surface area contributed by atoms with Crippen molar-refractivity contribution in [3.05, 3.63) is 54.2 Å². The lowest BCUT2D eigenvalue weighted by atomic mass is 10.1. The molecule has 21 heavy (non-hydrogen) atoms. The summed E-state index contributed by atoms with van der Waals surface area (Å²) in [5.41, 5.74) is 3.53. The van der Waals surface area contributed by atoms with E-state index in [-0.39, 0.29) is 5.56 Å². The number of carboxylic acid groups (broad SMARTS) is 1. The van der Waals surface area contributed by atoms with Crippen molar-refractivity contribution in [1.82, 2.24) is 20.0 Å². The summed E-state index contributed by atoms with van der Waals surface area (Å²) < 4.78 is 1.92. The topological polar surface area (TPSA) is 83.8 Å². The molecule has 2 aromatic carbocycles. The number of aromatic amines is 1. The highest BCUT2D eigenvalue weighted by Crippen LogP contribution is 2.25. The van der Waals surface area contributed by atoms with Crippen molar-refractivity contribution in [2.75, 3.05) is 0 Å². The zero-order valence-corrected chi connectivity index (χ0v) is 10.8. The number of fused-ring (bicyclic) bond motifs is 2. The number of aromatic nitrogens is 4. The lowest BCUT2D eigenvalue weighted by molar-refractivity contribution is 0.0697. The first-order valence-electron chi connectivity index (χ1n) is 6.38. The Labute approximate surface area is 118 Å². The van der Waals surface area contributed by atoms with Gasteiger partial charge in [0, 0.05) is 6.20 Å². The number of H-pyrrole nitrogens is 1. The molecule has 0 bridgehead atoms. The van der Waals surface area contributed by atoms with Gasteiger partial charge in [0.15, 0.2) is 0 Å². The Balaban J connectivity index is 2.04. The molecule has 2 aromatic heterocycles. The fourth-order valence-corrected chi connectivity index (χ4v) is 2.52. The van der Waals surface area contributed by atoms with Gasteiger partial charge in [-0.15, -0.1) is 5.10 Å². The van der Waals surface area contributed by atoms with Crippen LogP contribution in [0.2, 0.25) is 0 Å². The van der Waals surface area contributed by atoms with Crippen molar-refractivity contribution >= 4 is 27.9 Å². The van der Waals surface area contributed by atoms with Crippen LogP contribution in [0.5, 0.6) is 0 Å². The van der Waals surface area contributed by atoms with Gasteiger partial charge >= 0.3 is 5.97 Å². The van der Waals surface area contributed by atoms with Crippen LogP contribution in [-0.2, 0) is 0 Å². The van der Waals surface area contributed by atoms with Gasteiger partial charge < -0.3 is 9.67 Å². The van der Waals surface area contributed by atoms with Crippen LogP contribution in [-0.4, -0.2) is 31.1 Å². The highest BCUT2D eigenvalue weighted by Gasteiger charge is 2.11. The molecule has 0 saturated carbocycles. The first-order chi connectivity index (χ1) is 10.2. The second-order valence-electron chi connectivity index (χ2n) is 4.75. The van der Waals surface area contributed by atoms with Gasteiger partial charge in [-0.3, -0.25) is 5.10 Å². The molecule has 2 heterocycles. The Kier molecular flexibility index (Phi) is 2.32. The van der Waals surface area contributed by atoms with Gasteiger partial charge in [0.05, 0.1) is 22.3 Å². The maximum atomic E-state index is 11.1. The molecule has 0 radical (unpaired) electrons. The number of hydrogen-bond acceptors (Lipinski definition) is 3. The van der Waals surface area contributed by atoms with Crippen molar-refractivity contribution in [3.63, 3.8) is 0 Å². The fourth-order valence-electron chi connectivity index (χ4n) is 2.52. The number of rotatable bonds is 2. The Morgan fingerprint density at radius 1 is 1.19 bits per heavy atom. The molecule has 2 N–H and O–H groups in total. The van der Waals surface area contributed by atoms with E-state index in [0.29, 0.717) is 0 Å². The molecule has 6 nitrogen and oxygen atoms in total. The largest absolute Gasteiger partial charge is 0.478 e. The number of aromatic carboxylic acids is 1. The molecule has 6 heteroatoms. The predicted molar refractivity (Wildman–Crippen MR) is 77.7 cm³/mol. The van der Waals surface area contributed by atoms with Crippen LogP contribution < -0.4 is 0 Å². The second-order valence-corrected chi connectivity index (χ2v) is 4.75. The summed E-state index contributed by atoms with van der Waals surface area (Å²) in [5, 5.41) is 20.9. The van der Waals surface area contributed by atoms with Crippen LogP contribution >= 0.6 is 0 Å². The first kappa shape index (κ1) is 11.7. The van der Waals surface area contributed by atoms with Crippen LogP contribution in [0, 0.1) is 0 Å². The third-order valence-electron chi connectivity index (χ3n) is 3.53. The minimum atomic E-state index is -0.940. The number of carboxylic acids is 1. The van der Waals surface area contributed by atoms with E-state index in [1.807, 2.05) is 35.0 Å². The number of nitrogens with one attached hydrogen (secondary N) is 1. The summed E-state index contributed by atoms with van der Waals surface area (Å²) >= 11 is 0. The Morgan fingerprint density at radius 3 is 2.95 bits per heavy atom. The van der Waals surface area contributed by atoms with Gasteiger partial charge in [0.1, 0.15) is 5.52 Å². The molecular weight excluding hydrogens is 268 g/mol. The van der Waals surface area contributed by atoms with Gasteiger partial charge in [0.2, 0.25) is 0 Å². The zero-order valence-electron chi connectivity index (χ0n) is 10.8. The van der Waals surface area contributed by atoms with Gasteiger partial charge in [-0.2, -0.15) is 0 Å². The highest BCUT2D eigenvalue weighted by atomic mass is 16.4. The minimum Gasteiger partial charge on any atom is -0.478 e. The summed E-state index contributed by atoms with van der Waals surface area (Å²) in [7, 11) is 0.